The van der Waals surface area contributed by atoms with Crippen molar-refractivity contribution in [3.05, 3.63) is 35.4 Å². The zero-order valence-electron chi connectivity index (χ0n) is 9.23. The number of hydrogen-bond donors (Lipinski definition) is 2. The van der Waals surface area contributed by atoms with E-state index < -0.39 is 12.0 Å². The smallest absolute Gasteiger partial charge is 0.304 e. The van der Waals surface area contributed by atoms with Crippen molar-refractivity contribution >= 4 is 5.97 Å². The Labute approximate surface area is 95.3 Å². The number of hydrogen-bond acceptors (Lipinski definition) is 2. The van der Waals surface area contributed by atoms with Gasteiger partial charge in [0.2, 0.25) is 0 Å². The van der Waals surface area contributed by atoms with E-state index in [1.165, 1.54) is 5.56 Å². The third-order valence-corrected chi connectivity index (χ3v) is 2.09. The van der Waals surface area contributed by atoms with Crippen LogP contribution in [-0.2, 0) is 4.79 Å². The number of aliphatic carboxylic acids is 1. The predicted octanol–water partition coefficient (Wildman–Crippen LogP) is 1.54. The summed E-state index contributed by atoms with van der Waals surface area (Å²) in [6.07, 6.45) is 0.364. The van der Waals surface area contributed by atoms with Crippen LogP contribution in [0.25, 0.3) is 0 Å². The van der Waals surface area contributed by atoms with Crippen molar-refractivity contribution in [1.82, 2.24) is 0 Å². The van der Waals surface area contributed by atoms with Crippen molar-refractivity contribution in [3.63, 3.8) is 0 Å². The van der Waals surface area contributed by atoms with E-state index in [0.717, 1.165) is 5.56 Å². The summed E-state index contributed by atoms with van der Waals surface area (Å²) in [5.74, 6) is 4.96. The third-order valence-electron chi connectivity index (χ3n) is 2.09. The number of rotatable bonds is 3. The van der Waals surface area contributed by atoms with Gasteiger partial charge in [-0.3, -0.25) is 4.79 Å². The molecule has 1 aromatic rings. The van der Waals surface area contributed by atoms with E-state index in [0.29, 0.717) is 6.42 Å². The molecule has 0 bridgehead atoms. The fourth-order valence-corrected chi connectivity index (χ4v) is 1.22. The average molecular weight is 217 g/mol. The first-order valence-electron chi connectivity index (χ1n) is 5.11. The van der Waals surface area contributed by atoms with Crippen molar-refractivity contribution in [1.29, 1.82) is 0 Å². The summed E-state index contributed by atoms with van der Waals surface area (Å²) in [5, 5.41) is 8.50. The molecule has 84 valence electrons. The Hall–Kier alpha value is -1.79. The predicted molar refractivity (Wildman–Crippen MR) is 62.9 cm³/mol. The molecule has 0 amide bonds. The lowest BCUT2D eigenvalue weighted by atomic mass is 10.1. The topological polar surface area (TPSA) is 63.3 Å². The molecule has 3 N–H and O–H groups in total. The van der Waals surface area contributed by atoms with E-state index in [1.54, 1.807) is 0 Å². The average Bonchev–Trinajstić information content (AvgIpc) is 2.20. The summed E-state index contributed by atoms with van der Waals surface area (Å²) < 4.78 is 0. The summed E-state index contributed by atoms with van der Waals surface area (Å²) in [5.41, 5.74) is 7.69. The van der Waals surface area contributed by atoms with E-state index in [1.807, 2.05) is 31.2 Å². The molecule has 3 heteroatoms. The molecule has 0 spiro atoms. The van der Waals surface area contributed by atoms with Crippen molar-refractivity contribution in [3.8, 4) is 11.8 Å². The fraction of sp³-hybridized carbons (Fsp3) is 0.308. The Kier molecular flexibility index (Phi) is 4.56. The van der Waals surface area contributed by atoms with Gasteiger partial charge in [-0.1, -0.05) is 29.5 Å². The van der Waals surface area contributed by atoms with Crippen molar-refractivity contribution in [2.24, 2.45) is 5.73 Å². The summed E-state index contributed by atoms with van der Waals surface area (Å²) in [6.45, 7) is 2.01. The molecule has 3 nitrogen and oxygen atoms in total. The fourth-order valence-electron chi connectivity index (χ4n) is 1.22. The molecule has 1 atom stereocenters. The van der Waals surface area contributed by atoms with Gasteiger partial charge in [0.05, 0.1) is 6.42 Å². The molecule has 0 unspecified atom stereocenters. The van der Waals surface area contributed by atoms with E-state index >= 15 is 0 Å². The molecule has 1 aromatic carbocycles. The molecule has 0 fully saturated rings. The Balaban J connectivity index is 2.49. The van der Waals surface area contributed by atoms with Crippen LogP contribution in [0.5, 0.6) is 0 Å². The molecular formula is C13H15NO2. The normalized spacial score (nSPS) is 11.4. The maximum Gasteiger partial charge on any atom is 0.304 e. The van der Waals surface area contributed by atoms with Crippen LogP contribution >= 0.6 is 0 Å². The Morgan fingerprint density at radius 2 is 2.06 bits per heavy atom. The van der Waals surface area contributed by atoms with Gasteiger partial charge in [0.1, 0.15) is 0 Å². The lowest BCUT2D eigenvalue weighted by Gasteiger charge is -2.01. The highest BCUT2D eigenvalue weighted by atomic mass is 16.4. The van der Waals surface area contributed by atoms with Crippen LogP contribution in [0.15, 0.2) is 24.3 Å². The minimum Gasteiger partial charge on any atom is -0.481 e. The van der Waals surface area contributed by atoms with Crippen LogP contribution in [-0.4, -0.2) is 17.1 Å². The van der Waals surface area contributed by atoms with E-state index in [-0.39, 0.29) is 6.42 Å². The molecule has 0 radical (unpaired) electrons. The second-order valence-corrected chi connectivity index (χ2v) is 3.73. The summed E-state index contributed by atoms with van der Waals surface area (Å²) in [6, 6.07) is 7.45. The number of carboxylic acid groups (broad SMARTS) is 1. The molecule has 0 aromatic heterocycles. The number of nitrogens with two attached hydrogens (primary N) is 1. The lowest BCUT2D eigenvalue weighted by Crippen LogP contribution is -2.22. The Morgan fingerprint density at radius 1 is 1.44 bits per heavy atom. The van der Waals surface area contributed by atoms with Gasteiger partial charge in [-0.15, -0.1) is 0 Å². The highest BCUT2D eigenvalue weighted by molar-refractivity contribution is 5.67. The maximum atomic E-state index is 10.4. The standard InChI is InChI=1S/C13H15NO2/c1-10-5-7-11(8-6-10)3-2-4-12(14)9-13(15)16/h5-8,12H,4,9,14H2,1H3,(H,15,16)/t12-/m1/s1. The monoisotopic (exact) mass is 217 g/mol. The SMILES string of the molecule is Cc1ccc(C#CC[C@@H](N)CC(=O)O)cc1. The lowest BCUT2D eigenvalue weighted by molar-refractivity contribution is -0.137. The van der Waals surface area contributed by atoms with Gasteiger partial charge in [-0.25, -0.2) is 0 Å². The van der Waals surface area contributed by atoms with E-state index in [9.17, 15) is 4.79 Å². The van der Waals surface area contributed by atoms with Gasteiger partial charge in [0, 0.05) is 18.0 Å². The van der Waals surface area contributed by atoms with Crippen molar-refractivity contribution in [2.75, 3.05) is 0 Å². The summed E-state index contributed by atoms with van der Waals surface area (Å²) in [4.78, 5) is 10.4. The molecule has 0 aliphatic carbocycles. The highest BCUT2D eigenvalue weighted by Gasteiger charge is 2.05. The summed E-state index contributed by atoms with van der Waals surface area (Å²) >= 11 is 0. The van der Waals surface area contributed by atoms with Crippen LogP contribution in [0.1, 0.15) is 24.0 Å². The molecular weight excluding hydrogens is 202 g/mol. The van der Waals surface area contributed by atoms with Gasteiger partial charge in [0.25, 0.3) is 0 Å². The second kappa shape index (κ2) is 5.94. The van der Waals surface area contributed by atoms with Gasteiger partial charge in [-0.2, -0.15) is 0 Å². The van der Waals surface area contributed by atoms with Gasteiger partial charge in [-0.05, 0) is 19.1 Å². The molecule has 1 rings (SSSR count). The quantitative estimate of drug-likeness (QED) is 0.755. The first-order valence-corrected chi connectivity index (χ1v) is 5.11. The maximum absolute atomic E-state index is 10.4. The zero-order valence-corrected chi connectivity index (χ0v) is 9.23. The number of carboxylic acids is 1. The largest absolute Gasteiger partial charge is 0.481 e. The van der Waals surface area contributed by atoms with Crippen LogP contribution < -0.4 is 5.73 Å². The highest BCUT2D eigenvalue weighted by Crippen LogP contribution is 2.01. The first-order chi connectivity index (χ1) is 7.58. The number of benzene rings is 1. The molecule has 16 heavy (non-hydrogen) atoms. The van der Waals surface area contributed by atoms with Gasteiger partial charge in [0.15, 0.2) is 0 Å². The van der Waals surface area contributed by atoms with Crippen LogP contribution in [0.3, 0.4) is 0 Å². The molecule has 0 saturated heterocycles. The van der Waals surface area contributed by atoms with Gasteiger partial charge < -0.3 is 10.8 Å². The van der Waals surface area contributed by atoms with Gasteiger partial charge >= 0.3 is 5.97 Å². The third kappa shape index (κ3) is 4.63. The molecule has 0 aliphatic heterocycles. The first kappa shape index (κ1) is 12.3. The minimum atomic E-state index is -0.885. The Morgan fingerprint density at radius 3 is 2.62 bits per heavy atom. The van der Waals surface area contributed by atoms with Crippen molar-refractivity contribution in [2.45, 2.75) is 25.8 Å². The molecule has 0 aliphatic rings. The van der Waals surface area contributed by atoms with Crippen molar-refractivity contribution < 1.29 is 9.90 Å². The zero-order chi connectivity index (χ0) is 12.0. The number of carbonyl (C=O) groups is 1. The molecule has 0 heterocycles. The van der Waals surface area contributed by atoms with Crippen LogP contribution in [0, 0.1) is 18.8 Å². The minimum absolute atomic E-state index is 0.0391. The van der Waals surface area contributed by atoms with Crippen LogP contribution in [0.2, 0.25) is 0 Å². The molecule has 0 saturated carbocycles. The van der Waals surface area contributed by atoms with Crippen LogP contribution in [0.4, 0.5) is 0 Å². The summed E-state index contributed by atoms with van der Waals surface area (Å²) in [7, 11) is 0. The second-order valence-electron chi connectivity index (χ2n) is 3.73. The van der Waals surface area contributed by atoms with E-state index in [2.05, 4.69) is 11.8 Å². The van der Waals surface area contributed by atoms with E-state index in [4.69, 9.17) is 10.8 Å². The number of aryl methyl sites for hydroxylation is 1. The Bertz CT molecular complexity index is 412.